The first-order valence-corrected chi connectivity index (χ1v) is 6.83. The lowest BCUT2D eigenvalue weighted by Crippen LogP contribution is -2.25. The molecule has 1 amide bonds. The number of rotatable bonds is 4. The van der Waals surface area contributed by atoms with Crippen LogP contribution in [0, 0.1) is 12.8 Å². The third-order valence-electron chi connectivity index (χ3n) is 3.25. The Morgan fingerprint density at radius 3 is 2.90 bits per heavy atom. The molecule has 0 aromatic heterocycles. The van der Waals surface area contributed by atoms with Gasteiger partial charge in [0.15, 0.2) is 6.61 Å². The van der Waals surface area contributed by atoms with Crippen LogP contribution in [0.4, 0.5) is 5.69 Å². The minimum atomic E-state index is -0.310. The molecule has 0 bridgehead atoms. The predicted octanol–water partition coefficient (Wildman–Crippen LogP) is 2.83. The van der Waals surface area contributed by atoms with Gasteiger partial charge in [-0.1, -0.05) is 24.3 Å². The van der Waals surface area contributed by atoms with Crippen molar-refractivity contribution in [2.45, 2.75) is 26.2 Å². The fourth-order valence-corrected chi connectivity index (χ4v) is 2.18. The molecule has 1 unspecified atom stereocenters. The molecule has 0 fully saturated rings. The maximum atomic E-state index is 11.8. The van der Waals surface area contributed by atoms with Gasteiger partial charge in [0.05, 0.1) is 5.92 Å². The average Bonchev–Trinajstić information content (AvgIpc) is 2.46. The van der Waals surface area contributed by atoms with Crippen LogP contribution in [0.1, 0.15) is 24.8 Å². The second-order valence-corrected chi connectivity index (χ2v) is 5.01. The first kappa shape index (κ1) is 14.3. The van der Waals surface area contributed by atoms with E-state index in [0.717, 1.165) is 18.4 Å². The van der Waals surface area contributed by atoms with Crippen LogP contribution in [0.15, 0.2) is 36.4 Å². The predicted molar refractivity (Wildman–Crippen MR) is 77.2 cm³/mol. The molecule has 1 aromatic rings. The van der Waals surface area contributed by atoms with Gasteiger partial charge >= 0.3 is 5.97 Å². The third-order valence-corrected chi connectivity index (χ3v) is 3.25. The number of amides is 1. The third kappa shape index (κ3) is 4.23. The summed E-state index contributed by atoms with van der Waals surface area (Å²) in [5.74, 6) is -0.698. The van der Waals surface area contributed by atoms with Crippen LogP contribution in [0.3, 0.4) is 0 Å². The summed E-state index contributed by atoms with van der Waals surface area (Å²) < 4.78 is 5.06. The molecule has 1 aliphatic rings. The van der Waals surface area contributed by atoms with E-state index in [2.05, 4.69) is 11.4 Å². The zero-order valence-electron chi connectivity index (χ0n) is 11.6. The number of nitrogens with one attached hydrogen (secondary N) is 1. The number of ether oxygens (including phenoxy) is 1. The van der Waals surface area contributed by atoms with Crippen molar-refractivity contribution in [3.05, 3.63) is 42.0 Å². The molecule has 20 heavy (non-hydrogen) atoms. The number of carbonyl (C=O) groups excluding carboxylic acids is 2. The van der Waals surface area contributed by atoms with Crippen molar-refractivity contribution in [2.75, 3.05) is 11.9 Å². The summed E-state index contributed by atoms with van der Waals surface area (Å²) in [6.07, 6.45) is 6.46. The largest absolute Gasteiger partial charge is 0.455 e. The van der Waals surface area contributed by atoms with Crippen molar-refractivity contribution in [1.82, 2.24) is 0 Å². The Bertz CT molecular complexity index is 522. The average molecular weight is 273 g/mol. The molecule has 0 radical (unpaired) electrons. The molecule has 1 atom stereocenters. The van der Waals surface area contributed by atoms with Crippen LogP contribution in [0.25, 0.3) is 0 Å². The van der Waals surface area contributed by atoms with Gasteiger partial charge in [-0.15, -0.1) is 0 Å². The van der Waals surface area contributed by atoms with Gasteiger partial charge in [-0.2, -0.15) is 0 Å². The fourth-order valence-electron chi connectivity index (χ4n) is 2.18. The van der Waals surface area contributed by atoms with Gasteiger partial charge < -0.3 is 10.1 Å². The Morgan fingerprint density at radius 1 is 1.35 bits per heavy atom. The van der Waals surface area contributed by atoms with Crippen molar-refractivity contribution in [3.8, 4) is 0 Å². The molecule has 0 saturated heterocycles. The molecule has 0 saturated carbocycles. The van der Waals surface area contributed by atoms with E-state index in [0.29, 0.717) is 12.1 Å². The number of aryl methyl sites for hydroxylation is 1. The van der Waals surface area contributed by atoms with Crippen LogP contribution in [0.5, 0.6) is 0 Å². The smallest absolute Gasteiger partial charge is 0.309 e. The zero-order valence-corrected chi connectivity index (χ0v) is 11.6. The summed E-state index contributed by atoms with van der Waals surface area (Å²) in [7, 11) is 0. The molecule has 0 spiro atoms. The summed E-state index contributed by atoms with van der Waals surface area (Å²) in [5.41, 5.74) is 1.78. The van der Waals surface area contributed by atoms with Crippen LogP contribution in [-0.4, -0.2) is 18.5 Å². The number of hydrogen-bond acceptors (Lipinski definition) is 3. The molecule has 0 aliphatic heterocycles. The number of anilines is 1. The van der Waals surface area contributed by atoms with Gasteiger partial charge in [-0.05, 0) is 43.9 Å². The lowest BCUT2D eigenvalue weighted by atomic mass is 9.95. The van der Waals surface area contributed by atoms with Gasteiger partial charge in [-0.25, -0.2) is 0 Å². The Morgan fingerprint density at radius 2 is 2.20 bits per heavy atom. The topological polar surface area (TPSA) is 55.4 Å². The Kier molecular flexibility index (Phi) is 4.93. The highest BCUT2D eigenvalue weighted by Crippen LogP contribution is 2.19. The minimum absolute atomic E-state index is 0.105. The van der Waals surface area contributed by atoms with E-state index in [4.69, 9.17) is 4.74 Å². The van der Waals surface area contributed by atoms with Gasteiger partial charge in [0, 0.05) is 5.69 Å². The summed E-state index contributed by atoms with van der Waals surface area (Å²) in [5, 5.41) is 2.71. The van der Waals surface area contributed by atoms with Gasteiger partial charge in [0.1, 0.15) is 0 Å². The SMILES string of the molecule is Cc1cccc(NC(=O)COC(=O)C2CC=CCC2)c1. The second-order valence-electron chi connectivity index (χ2n) is 5.01. The molecule has 2 rings (SSSR count). The normalized spacial score (nSPS) is 17.6. The van der Waals surface area contributed by atoms with E-state index in [1.54, 1.807) is 6.07 Å². The fraction of sp³-hybridized carbons (Fsp3) is 0.375. The summed E-state index contributed by atoms with van der Waals surface area (Å²) in [4.78, 5) is 23.5. The molecule has 1 aromatic carbocycles. The van der Waals surface area contributed by atoms with E-state index < -0.39 is 0 Å². The number of carbonyl (C=O) groups is 2. The van der Waals surface area contributed by atoms with E-state index in [-0.39, 0.29) is 24.4 Å². The maximum absolute atomic E-state index is 11.8. The lowest BCUT2D eigenvalue weighted by molar-refractivity contribution is -0.151. The zero-order chi connectivity index (χ0) is 14.4. The number of esters is 1. The molecule has 106 valence electrons. The molecule has 1 aliphatic carbocycles. The van der Waals surface area contributed by atoms with Crippen molar-refractivity contribution in [2.24, 2.45) is 5.92 Å². The number of allylic oxidation sites excluding steroid dienone is 2. The van der Waals surface area contributed by atoms with Crippen molar-refractivity contribution >= 4 is 17.6 Å². The molecular formula is C16H19NO3. The molecule has 4 heteroatoms. The van der Waals surface area contributed by atoms with Crippen molar-refractivity contribution in [3.63, 3.8) is 0 Å². The van der Waals surface area contributed by atoms with E-state index in [1.165, 1.54) is 0 Å². The lowest BCUT2D eigenvalue weighted by Gasteiger charge is -2.16. The Hall–Kier alpha value is -2.10. The van der Waals surface area contributed by atoms with E-state index in [9.17, 15) is 9.59 Å². The Balaban J connectivity index is 1.77. The van der Waals surface area contributed by atoms with E-state index >= 15 is 0 Å². The number of benzene rings is 1. The van der Waals surface area contributed by atoms with Crippen molar-refractivity contribution in [1.29, 1.82) is 0 Å². The standard InChI is InChI=1S/C16H19NO3/c1-12-6-5-9-14(10-12)17-15(18)11-20-16(19)13-7-3-2-4-8-13/h2-3,5-6,9-10,13H,4,7-8,11H2,1H3,(H,17,18). The minimum Gasteiger partial charge on any atom is -0.455 e. The van der Waals surface area contributed by atoms with Crippen LogP contribution >= 0.6 is 0 Å². The quantitative estimate of drug-likeness (QED) is 0.678. The monoisotopic (exact) mass is 273 g/mol. The highest BCUT2D eigenvalue weighted by molar-refractivity contribution is 5.93. The highest BCUT2D eigenvalue weighted by Gasteiger charge is 2.20. The van der Waals surface area contributed by atoms with Crippen LogP contribution in [-0.2, 0) is 14.3 Å². The summed E-state index contributed by atoms with van der Waals surface area (Å²) in [6.45, 7) is 1.72. The molecule has 1 N–H and O–H groups in total. The highest BCUT2D eigenvalue weighted by atomic mass is 16.5. The van der Waals surface area contributed by atoms with Gasteiger partial charge in [0.2, 0.25) is 0 Å². The van der Waals surface area contributed by atoms with Crippen molar-refractivity contribution < 1.29 is 14.3 Å². The van der Waals surface area contributed by atoms with E-state index in [1.807, 2.05) is 31.2 Å². The molecular weight excluding hydrogens is 254 g/mol. The summed E-state index contributed by atoms with van der Waals surface area (Å²) in [6, 6.07) is 7.49. The summed E-state index contributed by atoms with van der Waals surface area (Å²) >= 11 is 0. The second kappa shape index (κ2) is 6.89. The molecule has 4 nitrogen and oxygen atoms in total. The first-order valence-electron chi connectivity index (χ1n) is 6.83. The number of hydrogen-bond donors (Lipinski definition) is 1. The van der Waals surface area contributed by atoms with Gasteiger partial charge in [-0.3, -0.25) is 9.59 Å². The van der Waals surface area contributed by atoms with Crippen LogP contribution in [0.2, 0.25) is 0 Å². The Labute approximate surface area is 118 Å². The first-order chi connectivity index (χ1) is 9.65. The van der Waals surface area contributed by atoms with Gasteiger partial charge in [0.25, 0.3) is 5.91 Å². The molecule has 0 heterocycles. The van der Waals surface area contributed by atoms with Crippen LogP contribution < -0.4 is 5.32 Å². The maximum Gasteiger partial charge on any atom is 0.309 e.